The molecule has 1 aromatic heterocycles. The molecule has 0 aliphatic carbocycles. The number of carbonyl (C=O) groups is 4. The fourth-order valence-electron chi connectivity index (χ4n) is 4.49. The number of amides is 3. The monoisotopic (exact) mass is 661 g/mol. The molecule has 242 valence electrons. The molecule has 0 fully saturated rings. The van der Waals surface area contributed by atoms with Crippen LogP contribution in [0.2, 0.25) is 0 Å². The van der Waals surface area contributed by atoms with Gasteiger partial charge in [-0.2, -0.15) is 0 Å². The number of para-hydroxylation sites is 1. The SMILES string of the molecule is COC(=O)c1ccc(NC(=O)CSc2ccc(NC(=O)/C(=C\c3ccc(-c4ccccc4OC)o3)NC(=O)c3ccccc3)cc2)cc1. The maximum atomic E-state index is 13.5. The van der Waals surface area contributed by atoms with Crippen molar-refractivity contribution in [1.82, 2.24) is 5.32 Å². The first-order valence-electron chi connectivity index (χ1n) is 14.7. The largest absolute Gasteiger partial charge is 0.496 e. The molecule has 5 aromatic rings. The number of hydrogen-bond donors (Lipinski definition) is 3. The van der Waals surface area contributed by atoms with E-state index in [4.69, 9.17) is 9.15 Å². The molecule has 0 unspecified atom stereocenters. The molecule has 0 radical (unpaired) electrons. The lowest BCUT2D eigenvalue weighted by atomic mass is 10.1. The molecule has 5 rings (SSSR count). The van der Waals surface area contributed by atoms with Crippen LogP contribution in [0.1, 0.15) is 26.5 Å². The standard InChI is InChI=1S/C37H31N3O7S/c1-45-32-11-7-6-10-30(32)33-21-18-28(47-33)22-31(40-35(42)24-8-4-3-5-9-24)36(43)39-27-16-19-29(20-17-27)48-23-34(41)38-26-14-12-25(13-15-26)37(44)46-2/h3-22H,23H2,1-2H3,(H,38,41)(H,39,43)(H,40,42)/b31-22+. The van der Waals surface area contributed by atoms with E-state index >= 15 is 0 Å². The van der Waals surface area contributed by atoms with Crippen molar-refractivity contribution >= 4 is 52.9 Å². The number of hydrogen-bond acceptors (Lipinski definition) is 8. The minimum atomic E-state index is -0.562. The van der Waals surface area contributed by atoms with E-state index in [1.807, 2.05) is 24.3 Å². The zero-order valence-corrected chi connectivity index (χ0v) is 26.8. The first-order valence-corrected chi connectivity index (χ1v) is 15.7. The van der Waals surface area contributed by atoms with Gasteiger partial charge in [0, 0.05) is 27.9 Å². The first kappa shape index (κ1) is 33.3. The van der Waals surface area contributed by atoms with Crippen LogP contribution in [0.4, 0.5) is 11.4 Å². The van der Waals surface area contributed by atoms with E-state index in [0.29, 0.717) is 39.8 Å². The first-order chi connectivity index (χ1) is 23.3. The van der Waals surface area contributed by atoms with E-state index in [1.165, 1.54) is 24.9 Å². The second kappa shape index (κ2) is 16.0. The van der Waals surface area contributed by atoms with Gasteiger partial charge in [0.25, 0.3) is 11.8 Å². The molecule has 48 heavy (non-hydrogen) atoms. The number of ether oxygens (including phenoxy) is 2. The van der Waals surface area contributed by atoms with Gasteiger partial charge in [-0.05, 0) is 84.9 Å². The Morgan fingerprint density at radius 3 is 2.10 bits per heavy atom. The van der Waals surface area contributed by atoms with Crippen LogP contribution in [-0.4, -0.2) is 43.7 Å². The van der Waals surface area contributed by atoms with Crippen molar-refractivity contribution < 1.29 is 33.1 Å². The zero-order valence-electron chi connectivity index (χ0n) is 26.0. The molecule has 3 N–H and O–H groups in total. The normalized spacial score (nSPS) is 10.9. The van der Waals surface area contributed by atoms with Crippen molar-refractivity contribution in [3.8, 4) is 17.1 Å². The second-order valence-electron chi connectivity index (χ2n) is 10.2. The molecular formula is C37H31N3O7S. The number of methoxy groups -OCH3 is 2. The van der Waals surface area contributed by atoms with Gasteiger partial charge >= 0.3 is 5.97 Å². The Labute approximate surface area is 281 Å². The Hall–Kier alpha value is -6.07. The highest BCUT2D eigenvalue weighted by Gasteiger charge is 2.17. The molecule has 0 atom stereocenters. The van der Waals surface area contributed by atoms with Crippen molar-refractivity contribution in [2.24, 2.45) is 0 Å². The summed E-state index contributed by atoms with van der Waals surface area (Å²) in [5, 5.41) is 8.30. The Morgan fingerprint density at radius 2 is 1.40 bits per heavy atom. The van der Waals surface area contributed by atoms with Crippen LogP contribution in [0.3, 0.4) is 0 Å². The third-order valence-electron chi connectivity index (χ3n) is 6.89. The highest BCUT2D eigenvalue weighted by molar-refractivity contribution is 8.00. The van der Waals surface area contributed by atoms with Gasteiger partial charge in [0.05, 0.1) is 31.1 Å². The van der Waals surface area contributed by atoms with Gasteiger partial charge < -0.3 is 29.8 Å². The summed E-state index contributed by atoms with van der Waals surface area (Å²) in [7, 11) is 2.88. The molecule has 0 aliphatic rings. The van der Waals surface area contributed by atoms with Crippen LogP contribution in [0.5, 0.6) is 5.75 Å². The van der Waals surface area contributed by atoms with Crippen LogP contribution in [-0.2, 0) is 14.3 Å². The predicted octanol–water partition coefficient (Wildman–Crippen LogP) is 6.88. The summed E-state index contributed by atoms with van der Waals surface area (Å²) < 4.78 is 16.1. The Morgan fingerprint density at radius 1 is 0.729 bits per heavy atom. The lowest BCUT2D eigenvalue weighted by molar-refractivity contribution is -0.114. The maximum absolute atomic E-state index is 13.5. The molecule has 4 aromatic carbocycles. The van der Waals surface area contributed by atoms with Gasteiger partial charge in [0.1, 0.15) is 23.0 Å². The van der Waals surface area contributed by atoms with E-state index in [2.05, 4.69) is 20.7 Å². The Kier molecular flexibility index (Phi) is 11.1. The van der Waals surface area contributed by atoms with E-state index < -0.39 is 17.8 Å². The predicted molar refractivity (Wildman–Crippen MR) is 185 cm³/mol. The lowest BCUT2D eigenvalue weighted by Gasteiger charge is -2.11. The average molecular weight is 662 g/mol. The Bertz CT molecular complexity index is 1940. The summed E-state index contributed by atoms with van der Waals surface area (Å²) in [5.74, 6) is -0.0484. The van der Waals surface area contributed by atoms with Crippen molar-refractivity contribution in [2.75, 3.05) is 30.6 Å². The van der Waals surface area contributed by atoms with Crippen molar-refractivity contribution in [3.05, 3.63) is 138 Å². The minimum Gasteiger partial charge on any atom is -0.496 e. The number of esters is 1. The van der Waals surface area contributed by atoms with E-state index in [1.54, 1.807) is 98.1 Å². The average Bonchev–Trinajstić information content (AvgIpc) is 3.59. The number of furan rings is 1. The van der Waals surface area contributed by atoms with Crippen LogP contribution >= 0.6 is 11.8 Å². The van der Waals surface area contributed by atoms with Gasteiger partial charge in [-0.1, -0.05) is 30.3 Å². The van der Waals surface area contributed by atoms with Crippen molar-refractivity contribution in [2.45, 2.75) is 4.90 Å². The number of thioether (sulfide) groups is 1. The number of carbonyl (C=O) groups excluding carboxylic acids is 4. The summed E-state index contributed by atoms with van der Waals surface area (Å²) >= 11 is 1.32. The topological polar surface area (TPSA) is 136 Å². The molecular weight excluding hydrogens is 630 g/mol. The quantitative estimate of drug-likeness (QED) is 0.0748. The smallest absolute Gasteiger partial charge is 0.337 e. The number of anilines is 2. The highest BCUT2D eigenvalue weighted by atomic mass is 32.2. The molecule has 10 nitrogen and oxygen atoms in total. The summed E-state index contributed by atoms with van der Waals surface area (Å²) in [6.45, 7) is 0. The Balaban J connectivity index is 1.25. The molecule has 1 heterocycles. The van der Waals surface area contributed by atoms with Gasteiger partial charge in [0.2, 0.25) is 5.91 Å². The van der Waals surface area contributed by atoms with Gasteiger partial charge in [-0.3, -0.25) is 14.4 Å². The molecule has 11 heteroatoms. The highest BCUT2D eigenvalue weighted by Crippen LogP contribution is 2.31. The molecule has 0 aliphatic heterocycles. The minimum absolute atomic E-state index is 0.0282. The van der Waals surface area contributed by atoms with Gasteiger partial charge in [-0.25, -0.2) is 4.79 Å². The van der Waals surface area contributed by atoms with Crippen molar-refractivity contribution in [1.29, 1.82) is 0 Å². The van der Waals surface area contributed by atoms with Crippen LogP contribution in [0.15, 0.2) is 130 Å². The van der Waals surface area contributed by atoms with Crippen molar-refractivity contribution in [3.63, 3.8) is 0 Å². The third-order valence-corrected chi connectivity index (χ3v) is 7.90. The lowest BCUT2D eigenvalue weighted by Crippen LogP contribution is -2.30. The summed E-state index contributed by atoms with van der Waals surface area (Å²) in [6, 6.07) is 32.8. The maximum Gasteiger partial charge on any atom is 0.337 e. The van der Waals surface area contributed by atoms with E-state index in [9.17, 15) is 19.2 Å². The molecule has 3 amide bonds. The molecule has 0 bridgehead atoms. The van der Waals surface area contributed by atoms with E-state index in [-0.39, 0.29) is 17.4 Å². The summed E-state index contributed by atoms with van der Waals surface area (Å²) in [5.41, 5.74) is 2.52. The number of rotatable bonds is 12. The fraction of sp³-hybridized carbons (Fsp3) is 0.0811. The second-order valence-corrected chi connectivity index (χ2v) is 11.2. The zero-order chi connectivity index (χ0) is 33.9. The third kappa shape index (κ3) is 8.80. The summed E-state index contributed by atoms with van der Waals surface area (Å²) in [4.78, 5) is 51.4. The van der Waals surface area contributed by atoms with Crippen LogP contribution in [0, 0.1) is 0 Å². The summed E-state index contributed by atoms with van der Waals surface area (Å²) in [6.07, 6.45) is 1.46. The van der Waals surface area contributed by atoms with Crippen LogP contribution < -0.4 is 20.7 Å². The van der Waals surface area contributed by atoms with E-state index in [0.717, 1.165) is 10.5 Å². The number of nitrogens with one attached hydrogen (secondary N) is 3. The van der Waals surface area contributed by atoms with Crippen LogP contribution in [0.25, 0.3) is 17.4 Å². The fourth-order valence-corrected chi connectivity index (χ4v) is 5.19. The molecule has 0 spiro atoms. The van der Waals surface area contributed by atoms with Gasteiger partial charge in [-0.15, -0.1) is 11.8 Å². The number of benzene rings is 4. The van der Waals surface area contributed by atoms with Gasteiger partial charge in [0.15, 0.2) is 0 Å². The molecule has 0 saturated carbocycles. The molecule has 0 saturated heterocycles.